The van der Waals surface area contributed by atoms with Gasteiger partial charge in [0.2, 0.25) is 0 Å². The van der Waals surface area contributed by atoms with E-state index in [1.165, 1.54) is 13.4 Å². The van der Waals surface area contributed by atoms with Crippen LogP contribution in [-0.4, -0.2) is 58.0 Å². The molecule has 2 aromatic heterocycles. The van der Waals surface area contributed by atoms with E-state index in [2.05, 4.69) is 20.0 Å². The second-order valence-corrected chi connectivity index (χ2v) is 5.48. The highest BCUT2D eigenvalue weighted by atomic mass is 16.6. The average molecular weight is 305 g/mol. The van der Waals surface area contributed by atoms with Crippen LogP contribution < -0.4 is 4.90 Å². The van der Waals surface area contributed by atoms with Crippen molar-refractivity contribution in [2.45, 2.75) is 33.0 Å². The Balaban J connectivity index is 2.04. The minimum Gasteiger partial charge on any atom is -0.467 e. The van der Waals surface area contributed by atoms with Crippen molar-refractivity contribution in [3.05, 3.63) is 17.6 Å². The number of anilines is 1. The van der Waals surface area contributed by atoms with Crippen LogP contribution in [0.3, 0.4) is 0 Å². The van der Waals surface area contributed by atoms with Gasteiger partial charge in [-0.15, -0.1) is 0 Å². The number of fused-ring (bicyclic) bond motifs is 1. The van der Waals surface area contributed by atoms with Crippen molar-refractivity contribution in [2.75, 3.05) is 25.1 Å². The first-order chi connectivity index (χ1) is 10.5. The fourth-order valence-corrected chi connectivity index (χ4v) is 2.77. The molecule has 0 saturated carbocycles. The van der Waals surface area contributed by atoms with Crippen molar-refractivity contribution < 1.29 is 14.3 Å². The van der Waals surface area contributed by atoms with Gasteiger partial charge in [0.05, 0.1) is 19.8 Å². The first-order valence-corrected chi connectivity index (χ1v) is 7.16. The lowest BCUT2D eigenvalue weighted by molar-refractivity contribution is -0.158. The summed E-state index contributed by atoms with van der Waals surface area (Å²) in [6, 6.07) is 0. The zero-order chi connectivity index (χ0) is 15.9. The van der Waals surface area contributed by atoms with E-state index in [-0.39, 0.29) is 12.1 Å². The molecule has 118 valence electrons. The second kappa shape index (κ2) is 5.53. The lowest BCUT2D eigenvalue weighted by atomic mass is 10.1. The van der Waals surface area contributed by atoms with Gasteiger partial charge in [0, 0.05) is 17.8 Å². The molecular weight excluding hydrogens is 286 g/mol. The molecule has 0 radical (unpaired) electrons. The third-order valence-corrected chi connectivity index (χ3v) is 3.90. The normalized spacial score (nSPS) is 22.1. The van der Waals surface area contributed by atoms with Crippen molar-refractivity contribution in [2.24, 2.45) is 0 Å². The summed E-state index contributed by atoms with van der Waals surface area (Å²) in [5.74, 6) is 1.07. The molecule has 3 heterocycles. The van der Waals surface area contributed by atoms with Gasteiger partial charge in [-0.1, -0.05) is 0 Å². The van der Waals surface area contributed by atoms with E-state index in [4.69, 9.17) is 9.47 Å². The Labute approximate surface area is 128 Å². The maximum Gasteiger partial charge on any atom is 0.336 e. The van der Waals surface area contributed by atoms with Crippen LogP contribution in [0.4, 0.5) is 5.82 Å². The number of morpholine rings is 1. The summed E-state index contributed by atoms with van der Waals surface area (Å²) in [6.07, 6.45) is 0.774. The number of carbonyl (C=O) groups is 1. The first kappa shape index (κ1) is 14.7. The molecular formula is C14H19N5O3. The lowest BCUT2D eigenvalue weighted by Gasteiger charge is -2.37. The van der Waals surface area contributed by atoms with Crippen LogP contribution >= 0.6 is 0 Å². The number of aromatic nitrogens is 4. The predicted octanol–water partition coefficient (Wildman–Crippen LogP) is 0.508. The Morgan fingerprint density at radius 3 is 2.91 bits per heavy atom. The molecule has 0 bridgehead atoms. The van der Waals surface area contributed by atoms with Crippen LogP contribution in [0.25, 0.3) is 5.78 Å². The lowest BCUT2D eigenvalue weighted by Crippen LogP contribution is -2.51. The van der Waals surface area contributed by atoms with E-state index in [9.17, 15) is 4.79 Å². The van der Waals surface area contributed by atoms with Gasteiger partial charge in [-0.05, 0) is 20.8 Å². The van der Waals surface area contributed by atoms with Gasteiger partial charge in [0.25, 0.3) is 5.78 Å². The molecule has 0 aromatic carbocycles. The van der Waals surface area contributed by atoms with Gasteiger partial charge < -0.3 is 14.4 Å². The number of hydrogen-bond donors (Lipinski definition) is 0. The van der Waals surface area contributed by atoms with Crippen molar-refractivity contribution in [1.29, 1.82) is 0 Å². The van der Waals surface area contributed by atoms with E-state index < -0.39 is 6.10 Å². The summed E-state index contributed by atoms with van der Waals surface area (Å²) in [5.41, 5.74) is 1.90. The molecule has 0 amide bonds. The number of ether oxygens (including phenoxy) is 2. The summed E-state index contributed by atoms with van der Waals surface area (Å²) in [5, 5.41) is 4.26. The van der Waals surface area contributed by atoms with Crippen molar-refractivity contribution >= 4 is 17.6 Å². The van der Waals surface area contributed by atoms with Crippen molar-refractivity contribution in [1.82, 2.24) is 19.6 Å². The monoisotopic (exact) mass is 305 g/mol. The minimum atomic E-state index is -0.611. The largest absolute Gasteiger partial charge is 0.467 e. The van der Waals surface area contributed by atoms with Gasteiger partial charge >= 0.3 is 5.97 Å². The molecule has 3 rings (SSSR count). The fourth-order valence-electron chi connectivity index (χ4n) is 2.77. The highest BCUT2D eigenvalue weighted by Gasteiger charge is 2.33. The van der Waals surface area contributed by atoms with E-state index >= 15 is 0 Å². The minimum absolute atomic E-state index is 0.0932. The summed E-state index contributed by atoms with van der Waals surface area (Å²) in [4.78, 5) is 22.5. The summed E-state index contributed by atoms with van der Waals surface area (Å²) < 4.78 is 12.2. The van der Waals surface area contributed by atoms with E-state index in [1.807, 2.05) is 20.8 Å². The Bertz CT molecular complexity index is 714. The number of carbonyl (C=O) groups excluding carboxylic acids is 1. The zero-order valence-electron chi connectivity index (χ0n) is 13.1. The molecule has 1 aliphatic rings. The average Bonchev–Trinajstić information content (AvgIpc) is 2.94. The van der Waals surface area contributed by atoms with Crippen molar-refractivity contribution in [3.63, 3.8) is 0 Å². The van der Waals surface area contributed by atoms with E-state index in [1.54, 1.807) is 4.52 Å². The van der Waals surface area contributed by atoms with Crippen LogP contribution in [0, 0.1) is 13.8 Å². The molecule has 1 unspecified atom stereocenters. The zero-order valence-corrected chi connectivity index (χ0v) is 13.1. The van der Waals surface area contributed by atoms with Gasteiger partial charge in [0.1, 0.15) is 12.1 Å². The second-order valence-electron chi connectivity index (χ2n) is 5.48. The number of rotatable bonds is 2. The molecule has 8 nitrogen and oxygen atoms in total. The molecule has 2 aromatic rings. The molecule has 0 spiro atoms. The molecule has 22 heavy (non-hydrogen) atoms. The smallest absolute Gasteiger partial charge is 0.336 e. The predicted molar refractivity (Wildman–Crippen MR) is 78.8 cm³/mol. The van der Waals surface area contributed by atoms with Gasteiger partial charge in [-0.3, -0.25) is 0 Å². The van der Waals surface area contributed by atoms with Crippen molar-refractivity contribution in [3.8, 4) is 0 Å². The quantitative estimate of drug-likeness (QED) is 0.748. The number of hydrogen-bond acceptors (Lipinski definition) is 7. The molecule has 1 aliphatic heterocycles. The van der Waals surface area contributed by atoms with Gasteiger partial charge in [0.15, 0.2) is 6.10 Å². The number of esters is 1. The molecule has 1 fully saturated rings. The maximum absolute atomic E-state index is 11.8. The van der Waals surface area contributed by atoms with Crippen LogP contribution in [0.15, 0.2) is 6.33 Å². The molecule has 0 aliphatic carbocycles. The highest BCUT2D eigenvalue weighted by molar-refractivity contribution is 5.76. The van der Waals surface area contributed by atoms with Crippen LogP contribution in [0.1, 0.15) is 18.2 Å². The highest BCUT2D eigenvalue weighted by Crippen LogP contribution is 2.26. The van der Waals surface area contributed by atoms with E-state index in [0.29, 0.717) is 18.9 Å². The summed E-state index contributed by atoms with van der Waals surface area (Å²) in [7, 11) is 1.37. The number of nitrogens with zero attached hydrogens (tertiary/aromatic N) is 5. The standard InChI is InChI=1S/C14H19N5O3/c1-8-5-18(6-11(22-8)13(20)21-4)12-9(2)10(3)17-14-15-7-16-19(12)14/h7-8,11H,5-6H2,1-4H3/t8-,11?/m1/s1. The Morgan fingerprint density at radius 1 is 1.41 bits per heavy atom. The Hall–Kier alpha value is -2.22. The molecule has 1 saturated heterocycles. The van der Waals surface area contributed by atoms with Crippen LogP contribution in [0.2, 0.25) is 0 Å². The molecule has 8 heteroatoms. The topological polar surface area (TPSA) is 81.9 Å². The third-order valence-electron chi connectivity index (χ3n) is 3.90. The summed E-state index contributed by atoms with van der Waals surface area (Å²) >= 11 is 0. The van der Waals surface area contributed by atoms with E-state index in [0.717, 1.165) is 17.1 Å². The Kier molecular flexibility index (Phi) is 3.69. The number of aryl methyl sites for hydroxylation is 1. The fraction of sp³-hybridized carbons (Fsp3) is 0.571. The number of methoxy groups -OCH3 is 1. The first-order valence-electron chi connectivity index (χ1n) is 7.16. The van der Waals surface area contributed by atoms with Crippen LogP contribution in [0.5, 0.6) is 0 Å². The van der Waals surface area contributed by atoms with Gasteiger partial charge in [-0.25, -0.2) is 9.78 Å². The SMILES string of the molecule is COC(=O)C1CN(c2c(C)c(C)nc3ncnn23)C[C@@H](C)O1. The Morgan fingerprint density at radius 2 is 2.18 bits per heavy atom. The molecule has 2 atom stereocenters. The van der Waals surface area contributed by atoms with Crippen LogP contribution in [-0.2, 0) is 14.3 Å². The third kappa shape index (κ3) is 2.39. The van der Waals surface area contributed by atoms with Gasteiger partial charge in [-0.2, -0.15) is 14.6 Å². The summed E-state index contributed by atoms with van der Waals surface area (Å²) in [6.45, 7) is 6.94. The maximum atomic E-state index is 11.8. The molecule has 0 N–H and O–H groups in total.